The van der Waals surface area contributed by atoms with Crippen molar-refractivity contribution in [3.8, 4) is 5.75 Å². The van der Waals surface area contributed by atoms with Gasteiger partial charge in [-0.25, -0.2) is 0 Å². The zero-order valence-corrected chi connectivity index (χ0v) is 13.5. The first-order valence-electron chi connectivity index (χ1n) is 6.65. The Hall–Kier alpha value is -1.01. The first-order chi connectivity index (χ1) is 9.90. The van der Waals surface area contributed by atoms with E-state index in [4.69, 9.17) is 27.9 Å². The smallest absolute Gasteiger partial charge is 0.234 e. The lowest BCUT2D eigenvalue weighted by molar-refractivity contribution is -0.120. The Balaban J connectivity index is 2.28. The van der Waals surface area contributed by atoms with Gasteiger partial charge in [-0.1, -0.05) is 29.3 Å². The first kappa shape index (κ1) is 18.0. The Morgan fingerprint density at radius 3 is 2.52 bits per heavy atom. The predicted octanol–water partition coefficient (Wildman–Crippen LogP) is 1.85. The lowest BCUT2D eigenvalue weighted by Gasteiger charge is -2.15. The molecule has 0 aliphatic carbocycles. The summed E-state index contributed by atoms with van der Waals surface area (Å²) >= 11 is 11.9. The molecule has 5 nitrogen and oxygen atoms in total. The number of ether oxygens (including phenoxy) is 1. The van der Waals surface area contributed by atoms with Gasteiger partial charge in [0, 0.05) is 12.6 Å². The topological polar surface area (TPSA) is 70.6 Å². The number of carbonyl (C=O) groups excluding carboxylic acids is 1. The molecule has 0 fully saturated rings. The van der Waals surface area contributed by atoms with Crippen LogP contribution in [0, 0.1) is 0 Å². The fourth-order valence-corrected chi connectivity index (χ4v) is 2.09. The number of nitrogens with one attached hydrogen (secondary N) is 2. The van der Waals surface area contributed by atoms with Crippen molar-refractivity contribution in [2.45, 2.75) is 26.0 Å². The summed E-state index contributed by atoms with van der Waals surface area (Å²) in [6, 6.07) is 5.12. The summed E-state index contributed by atoms with van der Waals surface area (Å²) in [4.78, 5) is 11.4. The average Bonchev–Trinajstić information content (AvgIpc) is 2.37. The number of rotatable bonds is 8. The first-order valence-corrected chi connectivity index (χ1v) is 7.40. The largest absolute Gasteiger partial charge is 0.488 e. The standard InChI is InChI=1S/C14H20Cl2N2O3/c1-9(2)18-13(20)7-17-6-10(19)8-21-14-11(15)4-3-5-12(14)16/h3-5,9-10,17,19H,6-8H2,1-2H3,(H,18,20). The van der Waals surface area contributed by atoms with Crippen LogP contribution in [0.2, 0.25) is 10.0 Å². The monoisotopic (exact) mass is 334 g/mol. The number of para-hydroxylation sites is 1. The number of aliphatic hydroxyl groups is 1. The maximum atomic E-state index is 11.4. The molecule has 3 N–H and O–H groups in total. The van der Waals surface area contributed by atoms with Crippen LogP contribution in [0.25, 0.3) is 0 Å². The van der Waals surface area contributed by atoms with E-state index in [-0.39, 0.29) is 31.6 Å². The molecule has 1 atom stereocenters. The predicted molar refractivity (Wildman–Crippen MR) is 84.1 cm³/mol. The zero-order valence-electron chi connectivity index (χ0n) is 12.0. The summed E-state index contributed by atoms with van der Waals surface area (Å²) in [7, 11) is 0. The summed E-state index contributed by atoms with van der Waals surface area (Å²) in [6.45, 7) is 4.17. The van der Waals surface area contributed by atoms with Crippen LogP contribution in [0.15, 0.2) is 18.2 Å². The molecule has 0 heterocycles. The SMILES string of the molecule is CC(C)NC(=O)CNCC(O)COc1c(Cl)cccc1Cl. The molecular formula is C14H20Cl2N2O3. The zero-order chi connectivity index (χ0) is 15.8. The van der Waals surface area contributed by atoms with Crippen LogP contribution < -0.4 is 15.4 Å². The molecule has 1 unspecified atom stereocenters. The maximum absolute atomic E-state index is 11.4. The van der Waals surface area contributed by atoms with Gasteiger partial charge in [0.15, 0.2) is 5.75 Å². The van der Waals surface area contributed by atoms with Gasteiger partial charge in [0.25, 0.3) is 0 Å². The lowest BCUT2D eigenvalue weighted by Crippen LogP contribution is -2.41. The minimum Gasteiger partial charge on any atom is -0.488 e. The summed E-state index contributed by atoms with van der Waals surface area (Å²) in [5, 5.41) is 16.1. The van der Waals surface area contributed by atoms with Gasteiger partial charge in [-0.2, -0.15) is 0 Å². The summed E-state index contributed by atoms with van der Waals surface area (Å²) in [6.07, 6.45) is -0.774. The van der Waals surface area contributed by atoms with Crippen molar-refractivity contribution >= 4 is 29.1 Å². The van der Waals surface area contributed by atoms with Crippen LogP contribution in [0.5, 0.6) is 5.75 Å². The molecule has 0 aromatic heterocycles. The molecule has 0 radical (unpaired) electrons. The van der Waals surface area contributed by atoms with E-state index in [0.29, 0.717) is 15.8 Å². The molecule has 0 bridgehead atoms. The number of hydrogen-bond acceptors (Lipinski definition) is 4. The highest BCUT2D eigenvalue weighted by Gasteiger charge is 2.11. The molecule has 0 saturated carbocycles. The van der Waals surface area contributed by atoms with Crippen molar-refractivity contribution in [1.29, 1.82) is 0 Å². The summed E-state index contributed by atoms with van der Waals surface area (Å²) in [5.74, 6) is 0.227. The third kappa shape index (κ3) is 7.00. The van der Waals surface area contributed by atoms with Crippen LogP contribution in [-0.2, 0) is 4.79 Å². The molecule has 1 aromatic rings. The summed E-state index contributed by atoms with van der Waals surface area (Å²) < 4.78 is 5.40. The molecule has 7 heteroatoms. The molecular weight excluding hydrogens is 315 g/mol. The maximum Gasteiger partial charge on any atom is 0.234 e. The molecule has 0 saturated heterocycles. The van der Waals surface area contributed by atoms with E-state index in [1.54, 1.807) is 18.2 Å². The highest BCUT2D eigenvalue weighted by atomic mass is 35.5. The molecule has 0 aliphatic rings. The van der Waals surface area contributed by atoms with Crippen LogP contribution in [-0.4, -0.2) is 42.9 Å². The van der Waals surface area contributed by atoms with E-state index >= 15 is 0 Å². The molecule has 1 amide bonds. The second-order valence-electron chi connectivity index (χ2n) is 4.87. The lowest BCUT2D eigenvalue weighted by atomic mass is 10.3. The normalized spacial score (nSPS) is 12.3. The Bertz CT molecular complexity index is 449. The van der Waals surface area contributed by atoms with E-state index < -0.39 is 6.10 Å². The van der Waals surface area contributed by atoms with Gasteiger partial charge in [-0.05, 0) is 26.0 Å². The number of benzene rings is 1. The van der Waals surface area contributed by atoms with Crippen LogP contribution in [0.4, 0.5) is 0 Å². The van der Waals surface area contributed by atoms with Crippen molar-refractivity contribution in [2.75, 3.05) is 19.7 Å². The van der Waals surface area contributed by atoms with Crippen LogP contribution >= 0.6 is 23.2 Å². The Kier molecular flexibility index (Phi) is 7.82. The molecule has 1 aromatic carbocycles. The third-order valence-electron chi connectivity index (χ3n) is 2.45. The van der Waals surface area contributed by atoms with Crippen molar-refractivity contribution in [2.24, 2.45) is 0 Å². The van der Waals surface area contributed by atoms with Gasteiger partial charge < -0.3 is 20.5 Å². The van der Waals surface area contributed by atoms with Gasteiger partial charge in [0.05, 0.1) is 16.6 Å². The van der Waals surface area contributed by atoms with Gasteiger partial charge in [-0.3, -0.25) is 4.79 Å². The van der Waals surface area contributed by atoms with Gasteiger partial charge in [0.1, 0.15) is 12.7 Å². The van der Waals surface area contributed by atoms with E-state index in [0.717, 1.165) is 0 Å². The fourth-order valence-electron chi connectivity index (χ4n) is 1.58. The number of amides is 1. The molecule has 118 valence electrons. The quantitative estimate of drug-likeness (QED) is 0.678. The highest BCUT2D eigenvalue weighted by molar-refractivity contribution is 6.37. The third-order valence-corrected chi connectivity index (χ3v) is 3.05. The van der Waals surface area contributed by atoms with Crippen LogP contribution in [0.1, 0.15) is 13.8 Å². The Morgan fingerprint density at radius 2 is 1.95 bits per heavy atom. The minimum atomic E-state index is -0.774. The fraction of sp³-hybridized carbons (Fsp3) is 0.500. The van der Waals surface area contributed by atoms with E-state index in [2.05, 4.69) is 10.6 Å². The highest BCUT2D eigenvalue weighted by Crippen LogP contribution is 2.32. The van der Waals surface area contributed by atoms with E-state index in [1.807, 2.05) is 13.8 Å². The number of halogens is 2. The van der Waals surface area contributed by atoms with Crippen molar-refractivity contribution < 1.29 is 14.6 Å². The van der Waals surface area contributed by atoms with E-state index in [9.17, 15) is 9.90 Å². The Morgan fingerprint density at radius 1 is 1.33 bits per heavy atom. The van der Waals surface area contributed by atoms with Crippen molar-refractivity contribution in [1.82, 2.24) is 10.6 Å². The molecule has 21 heavy (non-hydrogen) atoms. The molecule has 0 spiro atoms. The summed E-state index contributed by atoms with van der Waals surface area (Å²) in [5.41, 5.74) is 0. The van der Waals surface area contributed by atoms with Gasteiger partial charge in [-0.15, -0.1) is 0 Å². The second kappa shape index (κ2) is 9.10. The minimum absolute atomic E-state index is 0.0300. The molecule has 1 rings (SSSR count). The van der Waals surface area contributed by atoms with E-state index in [1.165, 1.54) is 0 Å². The number of hydrogen-bond donors (Lipinski definition) is 3. The van der Waals surface area contributed by atoms with Gasteiger partial charge >= 0.3 is 0 Å². The second-order valence-corrected chi connectivity index (χ2v) is 5.68. The van der Waals surface area contributed by atoms with Crippen molar-refractivity contribution in [3.05, 3.63) is 28.2 Å². The van der Waals surface area contributed by atoms with Crippen LogP contribution in [0.3, 0.4) is 0 Å². The van der Waals surface area contributed by atoms with Gasteiger partial charge in [0.2, 0.25) is 5.91 Å². The molecule has 0 aliphatic heterocycles. The van der Waals surface area contributed by atoms with Crippen molar-refractivity contribution in [3.63, 3.8) is 0 Å². The average molecular weight is 335 g/mol. The number of carbonyl (C=O) groups is 1. The Labute approximate surface area is 134 Å². The number of aliphatic hydroxyl groups excluding tert-OH is 1.